The van der Waals surface area contributed by atoms with Crippen LogP contribution in [0.3, 0.4) is 0 Å². The van der Waals surface area contributed by atoms with Crippen molar-refractivity contribution >= 4 is 28.9 Å². The Morgan fingerprint density at radius 1 is 1.03 bits per heavy atom. The average molecular weight is 496 g/mol. The van der Waals surface area contributed by atoms with Gasteiger partial charge in [0.05, 0.1) is 23.4 Å². The van der Waals surface area contributed by atoms with Crippen molar-refractivity contribution in [3.05, 3.63) is 88.5 Å². The van der Waals surface area contributed by atoms with Gasteiger partial charge in [0.1, 0.15) is 11.7 Å². The van der Waals surface area contributed by atoms with Crippen LogP contribution >= 0.6 is 0 Å². The van der Waals surface area contributed by atoms with Crippen LogP contribution in [0.4, 0.5) is 24.5 Å². The number of hydrogen-bond donors (Lipinski definition) is 2. The summed E-state index contributed by atoms with van der Waals surface area (Å²) in [6.45, 7) is 5.24. The van der Waals surface area contributed by atoms with Gasteiger partial charge < -0.3 is 5.11 Å². The molecule has 2 amide bonds. The van der Waals surface area contributed by atoms with E-state index in [9.17, 15) is 27.9 Å². The van der Waals surface area contributed by atoms with Gasteiger partial charge in [0.25, 0.3) is 0 Å². The second-order valence-electron chi connectivity index (χ2n) is 8.86. The first-order chi connectivity index (χ1) is 16.9. The van der Waals surface area contributed by atoms with Crippen LogP contribution in [0.25, 0.3) is 0 Å². The molecule has 0 aromatic heterocycles. The summed E-state index contributed by atoms with van der Waals surface area (Å²) in [4.78, 5) is 27.2. The zero-order valence-electron chi connectivity index (χ0n) is 19.8. The molecule has 1 atom stereocenters. The van der Waals surface area contributed by atoms with Gasteiger partial charge in [-0.15, -0.1) is 0 Å². The van der Waals surface area contributed by atoms with Crippen molar-refractivity contribution in [2.45, 2.75) is 39.3 Å². The topological polar surface area (TPSA) is 82.0 Å². The maximum atomic E-state index is 13.6. The minimum absolute atomic E-state index is 0.00407. The van der Waals surface area contributed by atoms with Gasteiger partial charge in [-0.2, -0.15) is 18.3 Å². The molecule has 1 aliphatic rings. The third-order valence-electron chi connectivity index (χ3n) is 5.92. The molecular formula is C27H24F3N3O3. The Labute approximate surface area is 206 Å². The number of alkyl halides is 3. The SMILES string of the molecule is C/C(=N/NC(=O)Cc1ccc(O)cc1)C1C(=O)N(c2cc(C)cc(C)c2)c2cc(C(F)(F)F)ccc21. The highest BCUT2D eigenvalue weighted by atomic mass is 19.4. The molecule has 1 aliphatic heterocycles. The zero-order valence-corrected chi connectivity index (χ0v) is 19.8. The summed E-state index contributed by atoms with van der Waals surface area (Å²) in [5, 5.41) is 13.5. The lowest BCUT2D eigenvalue weighted by atomic mass is 9.95. The molecule has 1 heterocycles. The molecule has 6 nitrogen and oxygen atoms in total. The summed E-state index contributed by atoms with van der Waals surface area (Å²) in [6.07, 6.45) is -4.58. The second-order valence-corrected chi connectivity index (χ2v) is 8.86. The Morgan fingerprint density at radius 3 is 2.28 bits per heavy atom. The third-order valence-corrected chi connectivity index (χ3v) is 5.92. The van der Waals surface area contributed by atoms with E-state index in [1.54, 1.807) is 31.2 Å². The number of aromatic hydroxyl groups is 1. The number of phenols is 1. The standard InChI is InChI=1S/C27H24F3N3O3/c1-15-10-16(2)12-20(11-15)33-23-14-19(27(28,29)30)6-9-22(23)25(26(33)36)17(3)31-32-24(35)13-18-4-7-21(34)8-5-18/h4-12,14,25,34H,13H2,1-3H3,(H,32,35)/b31-17-. The highest BCUT2D eigenvalue weighted by molar-refractivity contribution is 6.22. The molecule has 0 aliphatic carbocycles. The van der Waals surface area contributed by atoms with Gasteiger partial charge in [-0.05, 0) is 79.4 Å². The summed E-state index contributed by atoms with van der Waals surface area (Å²) >= 11 is 0. The Kier molecular flexibility index (Phi) is 6.58. The van der Waals surface area contributed by atoms with Crippen LogP contribution in [0.15, 0.2) is 65.8 Å². The molecule has 0 radical (unpaired) electrons. The fourth-order valence-electron chi connectivity index (χ4n) is 4.34. The third kappa shape index (κ3) is 5.10. The number of benzene rings is 3. The lowest BCUT2D eigenvalue weighted by Crippen LogP contribution is -2.29. The van der Waals surface area contributed by atoms with E-state index in [0.29, 0.717) is 16.8 Å². The Balaban J connectivity index is 1.67. The molecule has 9 heteroatoms. The van der Waals surface area contributed by atoms with E-state index in [-0.39, 0.29) is 23.6 Å². The average Bonchev–Trinajstić information content (AvgIpc) is 3.09. The van der Waals surface area contributed by atoms with E-state index in [4.69, 9.17) is 0 Å². The van der Waals surface area contributed by atoms with Crippen LogP contribution in [-0.2, 0) is 22.2 Å². The molecule has 2 N–H and O–H groups in total. The minimum atomic E-state index is -4.57. The largest absolute Gasteiger partial charge is 0.508 e. The summed E-state index contributed by atoms with van der Waals surface area (Å²) in [5.41, 5.74) is 5.15. The lowest BCUT2D eigenvalue weighted by Gasteiger charge is -2.20. The van der Waals surface area contributed by atoms with Crippen LogP contribution in [0, 0.1) is 13.8 Å². The molecule has 0 bridgehead atoms. The molecular weight excluding hydrogens is 471 g/mol. The molecule has 3 aromatic carbocycles. The summed E-state index contributed by atoms with van der Waals surface area (Å²) < 4.78 is 40.5. The number of carbonyl (C=O) groups excluding carboxylic acids is 2. The number of hydrogen-bond acceptors (Lipinski definition) is 4. The number of rotatable bonds is 5. The number of aryl methyl sites for hydroxylation is 2. The number of nitrogens with zero attached hydrogens (tertiary/aromatic N) is 2. The van der Waals surface area contributed by atoms with Crippen molar-refractivity contribution in [1.29, 1.82) is 0 Å². The minimum Gasteiger partial charge on any atom is -0.508 e. The smallest absolute Gasteiger partial charge is 0.416 e. The summed E-state index contributed by atoms with van der Waals surface area (Å²) in [5.74, 6) is -1.78. The molecule has 3 aromatic rings. The van der Waals surface area contributed by atoms with E-state index in [2.05, 4.69) is 10.5 Å². The lowest BCUT2D eigenvalue weighted by molar-refractivity contribution is -0.137. The van der Waals surface area contributed by atoms with Gasteiger partial charge in [0.15, 0.2) is 0 Å². The quantitative estimate of drug-likeness (QED) is 0.361. The first-order valence-electron chi connectivity index (χ1n) is 11.2. The number of carbonyl (C=O) groups is 2. The first-order valence-corrected chi connectivity index (χ1v) is 11.2. The molecule has 1 unspecified atom stereocenters. The van der Waals surface area contributed by atoms with Crippen molar-refractivity contribution in [3.8, 4) is 5.75 Å². The van der Waals surface area contributed by atoms with E-state index < -0.39 is 29.5 Å². The van der Waals surface area contributed by atoms with Crippen molar-refractivity contribution in [3.63, 3.8) is 0 Å². The number of fused-ring (bicyclic) bond motifs is 1. The van der Waals surface area contributed by atoms with Gasteiger partial charge in [-0.3, -0.25) is 14.5 Å². The van der Waals surface area contributed by atoms with Gasteiger partial charge in [-0.25, -0.2) is 5.43 Å². The van der Waals surface area contributed by atoms with Crippen LogP contribution in [-0.4, -0.2) is 22.6 Å². The molecule has 0 spiro atoms. The van der Waals surface area contributed by atoms with Gasteiger partial charge in [-0.1, -0.05) is 24.3 Å². The molecule has 36 heavy (non-hydrogen) atoms. The Bertz CT molecular complexity index is 1340. The summed E-state index contributed by atoms with van der Waals surface area (Å²) in [7, 11) is 0. The Morgan fingerprint density at radius 2 is 1.67 bits per heavy atom. The van der Waals surface area contributed by atoms with Gasteiger partial charge in [0, 0.05) is 5.69 Å². The first kappa shape index (κ1) is 25.0. The van der Waals surface area contributed by atoms with Crippen molar-refractivity contribution in [1.82, 2.24) is 5.43 Å². The number of halogens is 3. The number of hydrazone groups is 1. The highest BCUT2D eigenvalue weighted by Gasteiger charge is 2.42. The molecule has 0 saturated heterocycles. The molecule has 0 fully saturated rings. The fraction of sp³-hybridized carbons (Fsp3) is 0.222. The van der Waals surface area contributed by atoms with Crippen LogP contribution < -0.4 is 10.3 Å². The number of amides is 2. The normalized spacial score (nSPS) is 15.7. The predicted molar refractivity (Wildman–Crippen MR) is 130 cm³/mol. The van der Waals surface area contributed by atoms with E-state index >= 15 is 0 Å². The summed E-state index contributed by atoms with van der Waals surface area (Å²) in [6, 6.07) is 14.7. The number of phenolic OH excluding ortho intramolecular Hbond substituents is 1. The van der Waals surface area contributed by atoms with Crippen LogP contribution in [0.5, 0.6) is 5.75 Å². The van der Waals surface area contributed by atoms with Crippen LogP contribution in [0.1, 0.15) is 40.7 Å². The Hall–Kier alpha value is -4.14. The second kappa shape index (κ2) is 9.49. The highest BCUT2D eigenvalue weighted by Crippen LogP contribution is 2.45. The fourth-order valence-corrected chi connectivity index (χ4v) is 4.34. The number of nitrogens with one attached hydrogen (secondary N) is 1. The maximum absolute atomic E-state index is 13.6. The van der Waals surface area contributed by atoms with Crippen molar-refractivity contribution < 1.29 is 27.9 Å². The van der Waals surface area contributed by atoms with Crippen molar-refractivity contribution in [2.24, 2.45) is 5.10 Å². The van der Waals surface area contributed by atoms with Gasteiger partial charge >= 0.3 is 6.18 Å². The van der Waals surface area contributed by atoms with Crippen molar-refractivity contribution in [2.75, 3.05) is 4.90 Å². The maximum Gasteiger partial charge on any atom is 0.416 e. The van der Waals surface area contributed by atoms with E-state index in [1.807, 2.05) is 19.9 Å². The molecule has 186 valence electrons. The van der Waals surface area contributed by atoms with E-state index in [1.165, 1.54) is 23.1 Å². The molecule has 0 saturated carbocycles. The monoisotopic (exact) mass is 495 g/mol. The predicted octanol–water partition coefficient (Wildman–Crippen LogP) is 5.52. The van der Waals surface area contributed by atoms with Gasteiger partial charge in [0.2, 0.25) is 11.8 Å². The number of anilines is 2. The zero-order chi connectivity index (χ0) is 26.2. The van der Waals surface area contributed by atoms with Crippen LogP contribution in [0.2, 0.25) is 0 Å². The molecule has 4 rings (SSSR count). The van der Waals surface area contributed by atoms with E-state index in [0.717, 1.165) is 23.3 Å².